The summed E-state index contributed by atoms with van der Waals surface area (Å²) in [5, 5.41) is 9.02. The molecule has 0 spiro atoms. The van der Waals surface area contributed by atoms with Gasteiger partial charge >= 0.3 is 0 Å². The molecule has 2 rings (SSSR count). The first kappa shape index (κ1) is 10.8. The van der Waals surface area contributed by atoms with Crippen LogP contribution in [0.2, 0.25) is 0 Å². The lowest BCUT2D eigenvalue weighted by Gasteiger charge is -2.06. The van der Waals surface area contributed by atoms with E-state index in [0.717, 1.165) is 16.7 Å². The number of benzene rings is 2. The van der Waals surface area contributed by atoms with Crippen LogP contribution in [0.3, 0.4) is 0 Å². The molecule has 0 saturated heterocycles. The lowest BCUT2D eigenvalue weighted by molar-refractivity contribution is 0.282. The van der Waals surface area contributed by atoms with E-state index in [4.69, 9.17) is 5.11 Å². The fourth-order valence-corrected chi connectivity index (χ4v) is 1.63. The van der Waals surface area contributed by atoms with E-state index < -0.39 is 0 Å². The highest BCUT2D eigenvalue weighted by Crippen LogP contribution is 2.24. The van der Waals surface area contributed by atoms with Gasteiger partial charge in [0.05, 0.1) is 6.61 Å². The van der Waals surface area contributed by atoms with Crippen molar-refractivity contribution in [3.05, 3.63) is 59.4 Å². The van der Waals surface area contributed by atoms with E-state index in [1.807, 2.05) is 31.2 Å². The molecule has 0 aromatic heterocycles. The maximum absolute atomic E-state index is 13.6. The molecule has 82 valence electrons. The Kier molecular flexibility index (Phi) is 3.02. The van der Waals surface area contributed by atoms with Crippen LogP contribution < -0.4 is 0 Å². The summed E-state index contributed by atoms with van der Waals surface area (Å²) in [5.74, 6) is -0.263. The third-order valence-electron chi connectivity index (χ3n) is 2.58. The Labute approximate surface area is 94.2 Å². The van der Waals surface area contributed by atoms with E-state index >= 15 is 0 Å². The van der Waals surface area contributed by atoms with Gasteiger partial charge in [-0.25, -0.2) is 4.39 Å². The zero-order chi connectivity index (χ0) is 11.5. The highest BCUT2D eigenvalue weighted by molar-refractivity contribution is 5.65. The van der Waals surface area contributed by atoms with Gasteiger partial charge in [-0.2, -0.15) is 0 Å². The number of aliphatic hydroxyl groups is 1. The van der Waals surface area contributed by atoms with Crippen LogP contribution in [-0.4, -0.2) is 5.11 Å². The van der Waals surface area contributed by atoms with Crippen molar-refractivity contribution in [3.63, 3.8) is 0 Å². The van der Waals surface area contributed by atoms with Gasteiger partial charge in [-0.15, -0.1) is 0 Å². The maximum atomic E-state index is 13.6. The molecule has 0 radical (unpaired) electrons. The first-order valence-electron chi connectivity index (χ1n) is 5.17. The average molecular weight is 216 g/mol. The summed E-state index contributed by atoms with van der Waals surface area (Å²) in [6, 6.07) is 12.3. The number of halogens is 1. The van der Waals surface area contributed by atoms with E-state index in [-0.39, 0.29) is 12.4 Å². The second-order valence-electron chi connectivity index (χ2n) is 3.84. The van der Waals surface area contributed by atoms with Gasteiger partial charge in [0.1, 0.15) is 5.82 Å². The minimum Gasteiger partial charge on any atom is -0.392 e. The van der Waals surface area contributed by atoms with Gasteiger partial charge < -0.3 is 5.11 Å². The molecular weight excluding hydrogens is 203 g/mol. The number of aliphatic hydroxyl groups excluding tert-OH is 1. The average Bonchev–Trinajstić information content (AvgIpc) is 2.31. The number of hydrogen-bond acceptors (Lipinski definition) is 1. The molecule has 0 atom stereocenters. The van der Waals surface area contributed by atoms with Crippen molar-refractivity contribution in [2.24, 2.45) is 0 Å². The van der Waals surface area contributed by atoms with Gasteiger partial charge in [0.15, 0.2) is 0 Å². The fraction of sp³-hybridized carbons (Fsp3) is 0.143. The van der Waals surface area contributed by atoms with Crippen molar-refractivity contribution in [2.45, 2.75) is 13.5 Å². The molecule has 16 heavy (non-hydrogen) atoms. The summed E-state index contributed by atoms with van der Waals surface area (Å²) in [4.78, 5) is 0. The monoisotopic (exact) mass is 216 g/mol. The van der Waals surface area contributed by atoms with Crippen molar-refractivity contribution >= 4 is 0 Å². The first-order valence-corrected chi connectivity index (χ1v) is 5.17. The highest BCUT2D eigenvalue weighted by Gasteiger charge is 2.05. The van der Waals surface area contributed by atoms with Crippen molar-refractivity contribution in [1.82, 2.24) is 0 Å². The van der Waals surface area contributed by atoms with E-state index in [2.05, 4.69) is 0 Å². The van der Waals surface area contributed by atoms with E-state index in [1.165, 1.54) is 6.07 Å². The second-order valence-corrected chi connectivity index (χ2v) is 3.84. The van der Waals surface area contributed by atoms with Crippen LogP contribution in [0.4, 0.5) is 4.39 Å². The van der Waals surface area contributed by atoms with Crippen LogP contribution in [0.5, 0.6) is 0 Å². The first-order chi connectivity index (χ1) is 7.70. The predicted molar refractivity (Wildman–Crippen MR) is 62.5 cm³/mol. The quantitative estimate of drug-likeness (QED) is 0.816. The summed E-state index contributed by atoms with van der Waals surface area (Å²) in [7, 11) is 0. The zero-order valence-electron chi connectivity index (χ0n) is 9.07. The molecule has 0 amide bonds. The SMILES string of the molecule is Cc1ccc(-c2cc(CO)ccc2F)cc1. The zero-order valence-corrected chi connectivity index (χ0v) is 9.07. The van der Waals surface area contributed by atoms with Gasteiger partial charge in [0.2, 0.25) is 0 Å². The molecule has 1 nitrogen and oxygen atoms in total. The largest absolute Gasteiger partial charge is 0.392 e. The summed E-state index contributed by atoms with van der Waals surface area (Å²) >= 11 is 0. The fourth-order valence-electron chi connectivity index (χ4n) is 1.63. The van der Waals surface area contributed by atoms with Gasteiger partial charge in [-0.3, -0.25) is 0 Å². The summed E-state index contributed by atoms with van der Waals surface area (Å²) < 4.78 is 13.6. The number of aryl methyl sites for hydroxylation is 1. The van der Waals surface area contributed by atoms with Crippen LogP contribution >= 0.6 is 0 Å². The molecule has 0 heterocycles. The summed E-state index contributed by atoms with van der Waals surface area (Å²) in [6.07, 6.45) is 0. The molecule has 0 aliphatic heterocycles. The lowest BCUT2D eigenvalue weighted by atomic mass is 10.0. The molecule has 2 heteroatoms. The Hall–Kier alpha value is -1.67. The number of rotatable bonds is 2. The Bertz CT molecular complexity index is 489. The minimum absolute atomic E-state index is 0.0703. The van der Waals surface area contributed by atoms with Gasteiger partial charge in [0, 0.05) is 5.56 Å². The van der Waals surface area contributed by atoms with Crippen molar-refractivity contribution in [1.29, 1.82) is 0 Å². The van der Waals surface area contributed by atoms with Gasteiger partial charge in [-0.1, -0.05) is 35.9 Å². The van der Waals surface area contributed by atoms with Gasteiger partial charge in [0.25, 0.3) is 0 Å². The molecule has 2 aromatic carbocycles. The Morgan fingerprint density at radius 2 is 1.75 bits per heavy atom. The molecule has 0 saturated carbocycles. The molecular formula is C14H13FO. The summed E-state index contributed by atoms with van der Waals surface area (Å²) in [5.41, 5.74) is 3.23. The van der Waals surface area contributed by atoms with E-state index in [0.29, 0.717) is 5.56 Å². The van der Waals surface area contributed by atoms with Gasteiger partial charge in [-0.05, 0) is 30.2 Å². The maximum Gasteiger partial charge on any atom is 0.131 e. The van der Waals surface area contributed by atoms with Crippen LogP contribution in [0.1, 0.15) is 11.1 Å². The smallest absolute Gasteiger partial charge is 0.131 e. The van der Waals surface area contributed by atoms with Crippen molar-refractivity contribution in [2.75, 3.05) is 0 Å². The Morgan fingerprint density at radius 1 is 1.06 bits per heavy atom. The van der Waals surface area contributed by atoms with E-state index in [1.54, 1.807) is 12.1 Å². The molecule has 0 unspecified atom stereocenters. The van der Waals surface area contributed by atoms with Crippen molar-refractivity contribution in [3.8, 4) is 11.1 Å². The van der Waals surface area contributed by atoms with Crippen LogP contribution in [0.25, 0.3) is 11.1 Å². The Morgan fingerprint density at radius 3 is 2.38 bits per heavy atom. The normalized spacial score (nSPS) is 10.4. The molecule has 0 aliphatic carbocycles. The molecule has 1 N–H and O–H groups in total. The third kappa shape index (κ3) is 2.12. The standard InChI is InChI=1S/C14H13FO/c1-10-2-5-12(6-3-10)13-8-11(9-16)4-7-14(13)15/h2-8,16H,9H2,1H3. The third-order valence-corrected chi connectivity index (χ3v) is 2.58. The molecule has 2 aromatic rings. The molecule has 0 bridgehead atoms. The summed E-state index contributed by atoms with van der Waals surface area (Å²) in [6.45, 7) is 1.92. The number of hydrogen-bond donors (Lipinski definition) is 1. The van der Waals surface area contributed by atoms with Crippen molar-refractivity contribution < 1.29 is 9.50 Å². The predicted octanol–water partition coefficient (Wildman–Crippen LogP) is 3.29. The second kappa shape index (κ2) is 4.45. The topological polar surface area (TPSA) is 20.2 Å². The minimum atomic E-state index is -0.263. The highest BCUT2D eigenvalue weighted by atomic mass is 19.1. The Balaban J connectivity index is 2.50. The molecule has 0 fully saturated rings. The molecule has 0 aliphatic rings. The van der Waals surface area contributed by atoms with Crippen LogP contribution in [0.15, 0.2) is 42.5 Å². The van der Waals surface area contributed by atoms with E-state index in [9.17, 15) is 4.39 Å². The lowest BCUT2D eigenvalue weighted by Crippen LogP contribution is -1.89. The van der Waals surface area contributed by atoms with Crippen LogP contribution in [0, 0.1) is 12.7 Å². The van der Waals surface area contributed by atoms with Crippen LogP contribution in [-0.2, 0) is 6.61 Å².